The van der Waals surface area contributed by atoms with Gasteiger partial charge in [0.2, 0.25) is 0 Å². The lowest BCUT2D eigenvalue weighted by atomic mass is 10.3. The Morgan fingerprint density at radius 1 is 1.42 bits per heavy atom. The molecular weight excluding hydrogens is 330 g/mol. The highest BCUT2D eigenvalue weighted by atomic mass is 79.9. The lowest BCUT2D eigenvalue weighted by Gasteiger charge is -2.01. The number of anilines is 1. The second-order valence-corrected chi connectivity index (χ2v) is 6.18. The first-order valence-electron chi connectivity index (χ1n) is 5.37. The Kier molecular flexibility index (Phi) is 4.28. The fraction of sp³-hybridized carbons (Fsp3) is 0.0833. The van der Waals surface area contributed by atoms with Crippen molar-refractivity contribution in [2.45, 2.75) is 6.92 Å². The van der Waals surface area contributed by atoms with Crippen LogP contribution in [0.1, 0.15) is 11.8 Å². The number of hydrogen-bond donors (Lipinski definition) is 1. The number of benzene rings is 1. The number of rotatable bonds is 4. The minimum Gasteiger partial charge on any atom is -0.278 e. The van der Waals surface area contributed by atoms with Crippen LogP contribution in [0, 0.1) is 10.1 Å². The van der Waals surface area contributed by atoms with E-state index in [9.17, 15) is 10.1 Å². The van der Waals surface area contributed by atoms with Crippen molar-refractivity contribution in [1.82, 2.24) is 0 Å². The van der Waals surface area contributed by atoms with Gasteiger partial charge in [-0.1, -0.05) is 6.07 Å². The molecule has 1 aromatic heterocycles. The Bertz CT molecular complexity index is 639. The molecule has 98 valence electrons. The summed E-state index contributed by atoms with van der Waals surface area (Å²) in [5.74, 6) is 0. The monoisotopic (exact) mass is 339 g/mol. The Balaban J connectivity index is 2.13. The molecule has 0 fully saturated rings. The number of hydrogen-bond acceptors (Lipinski definition) is 5. The van der Waals surface area contributed by atoms with Crippen molar-refractivity contribution in [3.63, 3.8) is 0 Å². The van der Waals surface area contributed by atoms with Crippen molar-refractivity contribution in [3.8, 4) is 0 Å². The van der Waals surface area contributed by atoms with Gasteiger partial charge >= 0.3 is 0 Å². The van der Waals surface area contributed by atoms with Gasteiger partial charge in [-0.2, -0.15) is 5.10 Å². The lowest BCUT2D eigenvalue weighted by molar-refractivity contribution is -0.384. The van der Waals surface area contributed by atoms with E-state index in [1.165, 1.54) is 12.1 Å². The second kappa shape index (κ2) is 5.94. The van der Waals surface area contributed by atoms with E-state index in [4.69, 9.17) is 0 Å². The summed E-state index contributed by atoms with van der Waals surface area (Å²) in [4.78, 5) is 11.3. The van der Waals surface area contributed by atoms with Gasteiger partial charge in [0.25, 0.3) is 5.69 Å². The van der Waals surface area contributed by atoms with Gasteiger partial charge in [0.1, 0.15) is 0 Å². The zero-order chi connectivity index (χ0) is 13.8. The van der Waals surface area contributed by atoms with Crippen LogP contribution in [0.3, 0.4) is 0 Å². The molecule has 1 N–H and O–H groups in total. The van der Waals surface area contributed by atoms with Crippen LogP contribution in [0.5, 0.6) is 0 Å². The van der Waals surface area contributed by atoms with Crippen molar-refractivity contribution in [2.24, 2.45) is 5.10 Å². The van der Waals surface area contributed by atoms with E-state index in [1.807, 2.05) is 19.1 Å². The summed E-state index contributed by atoms with van der Waals surface area (Å²) < 4.78 is 1.03. The number of nitrogens with one attached hydrogen (secondary N) is 1. The summed E-state index contributed by atoms with van der Waals surface area (Å²) in [5, 5.41) is 14.9. The smallest absolute Gasteiger partial charge is 0.271 e. The third kappa shape index (κ3) is 3.62. The second-order valence-electron chi connectivity index (χ2n) is 3.72. The van der Waals surface area contributed by atoms with E-state index in [0.717, 1.165) is 14.4 Å². The van der Waals surface area contributed by atoms with Gasteiger partial charge in [-0.15, -0.1) is 11.3 Å². The first-order valence-corrected chi connectivity index (χ1v) is 6.97. The minimum atomic E-state index is -0.432. The Labute approximate surface area is 122 Å². The van der Waals surface area contributed by atoms with Crippen LogP contribution < -0.4 is 5.43 Å². The molecule has 1 heterocycles. The third-order valence-electron chi connectivity index (χ3n) is 2.34. The van der Waals surface area contributed by atoms with Crippen molar-refractivity contribution in [3.05, 3.63) is 55.2 Å². The summed E-state index contributed by atoms with van der Waals surface area (Å²) >= 11 is 4.97. The predicted molar refractivity (Wildman–Crippen MR) is 80.9 cm³/mol. The number of halogens is 1. The first-order chi connectivity index (χ1) is 9.06. The van der Waals surface area contributed by atoms with Crippen molar-refractivity contribution in [2.75, 3.05) is 5.43 Å². The molecule has 7 heteroatoms. The summed E-state index contributed by atoms with van der Waals surface area (Å²) in [5.41, 5.74) is 4.27. The Morgan fingerprint density at radius 3 is 2.84 bits per heavy atom. The van der Waals surface area contributed by atoms with Crippen LogP contribution >= 0.6 is 27.3 Å². The molecule has 0 radical (unpaired) electrons. The quantitative estimate of drug-likeness (QED) is 0.514. The van der Waals surface area contributed by atoms with E-state index < -0.39 is 4.92 Å². The predicted octanol–water partition coefficient (Wildman–Crippen LogP) is 4.25. The zero-order valence-electron chi connectivity index (χ0n) is 9.96. The van der Waals surface area contributed by atoms with E-state index in [-0.39, 0.29) is 5.69 Å². The minimum absolute atomic E-state index is 0.0386. The number of thiophene rings is 1. The molecular formula is C12H10BrN3O2S. The standard InChI is InChI=1S/C12H10BrN3O2S/c1-8(11-5-6-12(13)19-11)14-15-9-3-2-4-10(7-9)16(17)18/h2-7,15H,1H3/b14-8+. The third-order valence-corrected chi connectivity index (χ3v) is 4.07. The Morgan fingerprint density at radius 2 is 2.21 bits per heavy atom. The topological polar surface area (TPSA) is 67.5 Å². The maximum absolute atomic E-state index is 10.7. The van der Waals surface area contributed by atoms with Gasteiger partial charge in [0.15, 0.2) is 0 Å². The van der Waals surface area contributed by atoms with Gasteiger partial charge < -0.3 is 0 Å². The van der Waals surface area contributed by atoms with E-state index in [2.05, 4.69) is 26.5 Å². The van der Waals surface area contributed by atoms with Crippen molar-refractivity contribution in [1.29, 1.82) is 0 Å². The molecule has 0 atom stereocenters. The average molecular weight is 340 g/mol. The highest BCUT2D eigenvalue weighted by Crippen LogP contribution is 2.23. The lowest BCUT2D eigenvalue weighted by Crippen LogP contribution is -1.97. The molecule has 0 unspecified atom stereocenters. The van der Waals surface area contributed by atoms with Crippen LogP contribution in [0.2, 0.25) is 0 Å². The van der Waals surface area contributed by atoms with Crippen LogP contribution in [0.15, 0.2) is 45.3 Å². The van der Waals surface area contributed by atoms with Gasteiger partial charge in [0.05, 0.1) is 25.0 Å². The molecule has 0 bridgehead atoms. The van der Waals surface area contributed by atoms with Gasteiger partial charge in [0, 0.05) is 12.1 Å². The molecule has 0 aliphatic rings. The number of nitro benzene ring substituents is 1. The number of non-ortho nitro benzene ring substituents is 1. The molecule has 0 saturated heterocycles. The average Bonchev–Trinajstić information content (AvgIpc) is 2.83. The van der Waals surface area contributed by atoms with E-state index >= 15 is 0 Å². The fourth-order valence-corrected chi connectivity index (χ4v) is 2.73. The van der Waals surface area contributed by atoms with Crippen LogP contribution in [0.4, 0.5) is 11.4 Å². The fourth-order valence-electron chi connectivity index (χ4n) is 1.40. The highest BCUT2D eigenvalue weighted by molar-refractivity contribution is 9.11. The summed E-state index contributed by atoms with van der Waals surface area (Å²) in [7, 11) is 0. The van der Waals surface area contributed by atoms with Gasteiger partial charge in [-0.25, -0.2) is 0 Å². The molecule has 2 rings (SSSR count). The number of nitrogens with zero attached hydrogens (tertiary/aromatic N) is 2. The molecule has 0 spiro atoms. The summed E-state index contributed by atoms with van der Waals surface area (Å²) in [6.07, 6.45) is 0. The summed E-state index contributed by atoms with van der Waals surface area (Å²) in [6, 6.07) is 10.1. The largest absolute Gasteiger partial charge is 0.278 e. The molecule has 19 heavy (non-hydrogen) atoms. The zero-order valence-corrected chi connectivity index (χ0v) is 12.4. The maximum Gasteiger partial charge on any atom is 0.271 e. The van der Waals surface area contributed by atoms with Crippen LogP contribution in [-0.4, -0.2) is 10.6 Å². The van der Waals surface area contributed by atoms with Crippen molar-refractivity contribution >= 4 is 44.4 Å². The Hall–Kier alpha value is -1.73. The van der Waals surface area contributed by atoms with Gasteiger partial charge in [-0.3, -0.25) is 15.5 Å². The van der Waals surface area contributed by atoms with Crippen molar-refractivity contribution < 1.29 is 4.92 Å². The van der Waals surface area contributed by atoms with E-state index in [0.29, 0.717) is 5.69 Å². The molecule has 0 saturated carbocycles. The molecule has 0 amide bonds. The molecule has 2 aromatic rings. The number of nitro groups is 1. The SMILES string of the molecule is C/C(=N\Nc1cccc([N+](=O)[O-])c1)c1ccc(Br)s1. The van der Waals surface area contributed by atoms with E-state index in [1.54, 1.807) is 23.5 Å². The maximum atomic E-state index is 10.7. The van der Waals surface area contributed by atoms with Crippen LogP contribution in [-0.2, 0) is 0 Å². The number of hydrazone groups is 1. The van der Waals surface area contributed by atoms with Gasteiger partial charge in [-0.05, 0) is 41.1 Å². The normalized spacial score (nSPS) is 11.4. The molecule has 5 nitrogen and oxygen atoms in total. The summed E-state index contributed by atoms with van der Waals surface area (Å²) in [6.45, 7) is 1.88. The first kappa shape index (κ1) is 13.7. The van der Waals surface area contributed by atoms with Crippen LogP contribution in [0.25, 0.3) is 0 Å². The molecule has 0 aliphatic carbocycles. The molecule has 0 aliphatic heterocycles. The highest BCUT2D eigenvalue weighted by Gasteiger charge is 2.05. The molecule has 1 aromatic carbocycles.